The van der Waals surface area contributed by atoms with Gasteiger partial charge < -0.3 is 5.32 Å². The second kappa shape index (κ2) is 5.40. The zero-order valence-corrected chi connectivity index (χ0v) is 9.26. The number of hydrogen-bond acceptors (Lipinski definition) is 4. The standard InChI is InChI=1S/C11H13N3O3/c15-10(14-5-2-6-17-14)8-13-11(16)9-3-1-4-12-7-9/h1,3-4,7H,2,5-6,8H2,(H,13,16). The molecule has 0 unspecified atom stereocenters. The first-order chi connectivity index (χ1) is 8.27. The van der Waals surface area contributed by atoms with Crippen LogP contribution < -0.4 is 5.32 Å². The number of carbonyl (C=O) groups is 2. The van der Waals surface area contributed by atoms with Crippen molar-refractivity contribution < 1.29 is 14.4 Å². The maximum atomic E-state index is 11.6. The predicted octanol–water partition coefficient (Wildman–Crippen LogP) is -0.0247. The Labute approximate surface area is 98.5 Å². The maximum absolute atomic E-state index is 11.6. The van der Waals surface area contributed by atoms with Gasteiger partial charge in [0.2, 0.25) is 0 Å². The van der Waals surface area contributed by atoms with Crippen LogP contribution in [0.2, 0.25) is 0 Å². The zero-order valence-electron chi connectivity index (χ0n) is 9.26. The van der Waals surface area contributed by atoms with Crippen molar-refractivity contribution in [1.82, 2.24) is 15.4 Å². The summed E-state index contributed by atoms with van der Waals surface area (Å²) in [5.74, 6) is -0.551. The molecule has 0 aromatic carbocycles. The number of amides is 2. The lowest BCUT2D eigenvalue weighted by molar-refractivity contribution is -0.167. The molecule has 0 atom stereocenters. The van der Waals surface area contributed by atoms with Crippen LogP contribution >= 0.6 is 0 Å². The summed E-state index contributed by atoms with van der Waals surface area (Å²) in [5.41, 5.74) is 0.433. The van der Waals surface area contributed by atoms with Gasteiger partial charge in [-0.2, -0.15) is 0 Å². The molecule has 0 bridgehead atoms. The minimum atomic E-state index is -0.314. The van der Waals surface area contributed by atoms with E-state index in [1.165, 1.54) is 11.3 Å². The van der Waals surface area contributed by atoms with Gasteiger partial charge in [-0.15, -0.1) is 0 Å². The second-order valence-corrected chi connectivity index (χ2v) is 3.61. The first kappa shape index (κ1) is 11.5. The SMILES string of the molecule is O=C(NCC(=O)N1CCCO1)c1cccnc1. The zero-order chi connectivity index (χ0) is 12.1. The number of aromatic nitrogens is 1. The molecule has 0 radical (unpaired) electrons. The highest BCUT2D eigenvalue weighted by Crippen LogP contribution is 2.03. The maximum Gasteiger partial charge on any atom is 0.265 e. The summed E-state index contributed by atoms with van der Waals surface area (Å²) in [4.78, 5) is 32.1. The van der Waals surface area contributed by atoms with E-state index in [1.54, 1.807) is 18.3 Å². The molecule has 2 heterocycles. The lowest BCUT2D eigenvalue weighted by Gasteiger charge is -2.13. The monoisotopic (exact) mass is 235 g/mol. The Hall–Kier alpha value is -1.95. The van der Waals surface area contributed by atoms with Gasteiger partial charge in [0.15, 0.2) is 0 Å². The highest BCUT2D eigenvalue weighted by atomic mass is 16.7. The molecule has 0 spiro atoms. The Balaban J connectivity index is 1.82. The molecule has 0 saturated carbocycles. The molecule has 90 valence electrons. The molecule has 2 amide bonds. The van der Waals surface area contributed by atoms with E-state index in [0.717, 1.165) is 6.42 Å². The normalized spacial score (nSPS) is 14.7. The Morgan fingerprint density at radius 3 is 3.06 bits per heavy atom. The fourth-order valence-electron chi connectivity index (χ4n) is 1.49. The third-order valence-corrected chi connectivity index (χ3v) is 2.35. The van der Waals surface area contributed by atoms with Crippen LogP contribution in [-0.4, -0.2) is 41.6 Å². The van der Waals surface area contributed by atoms with Gasteiger partial charge in [0.1, 0.15) is 0 Å². The molecule has 1 aliphatic heterocycles. The van der Waals surface area contributed by atoms with E-state index in [-0.39, 0.29) is 18.4 Å². The van der Waals surface area contributed by atoms with Crippen molar-refractivity contribution in [1.29, 1.82) is 0 Å². The van der Waals surface area contributed by atoms with Crippen molar-refractivity contribution in [3.05, 3.63) is 30.1 Å². The van der Waals surface area contributed by atoms with E-state index in [1.807, 2.05) is 0 Å². The van der Waals surface area contributed by atoms with Crippen molar-refractivity contribution in [3.8, 4) is 0 Å². The van der Waals surface area contributed by atoms with Crippen LogP contribution in [0.3, 0.4) is 0 Å². The van der Waals surface area contributed by atoms with Gasteiger partial charge in [-0.3, -0.25) is 19.4 Å². The highest BCUT2D eigenvalue weighted by molar-refractivity contribution is 5.96. The Morgan fingerprint density at radius 1 is 1.53 bits per heavy atom. The lowest BCUT2D eigenvalue weighted by Crippen LogP contribution is -2.38. The third kappa shape index (κ3) is 3.01. The molecule has 0 aliphatic carbocycles. The van der Waals surface area contributed by atoms with Crippen molar-refractivity contribution in [3.63, 3.8) is 0 Å². The van der Waals surface area contributed by atoms with Gasteiger partial charge in [0, 0.05) is 12.4 Å². The van der Waals surface area contributed by atoms with Crippen LogP contribution in [0.25, 0.3) is 0 Å². The molecule has 1 aromatic rings. The Kier molecular flexibility index (Phi) is 3.66. The molecule has 1 N–H and O–H groups in total. The summed E-state index contributed by atoms with van der Waals surface area (Å²) in [6.45, 7) is 1.08. The quantitative estimate of drug-likeness (QED) is 0.799. The Morgan fingerprint density at radius 2 is 2.41 bits per heavy atom. The fraction of sp³-hybridized carbons (Fsp3) is 0.364. The summed E-state index contributed by atoms with van der Waals surface area (Å²) in [6.07, 6.45) is 3.87. The highest BCUT2D eigenvalue weighted by Gasteiger charge is 2.19. The van der Waals surface area contributed by atoms with Crippen LogP contribution in [0.1, 0.15) is 16.8 Å². The number of carbonyl (C=O) groups excluding carboxylic acids is 2. The van der Waals surface area contributed by atoms with Crippen LogP contribution in [0, 0.1) is 0 Å². The molecule has 1 aromatic heterocycles. The van der Waals surface area contributed by atoms with E-state index >= 15 is 0 Å². The van der Waals surface area contributed by atoms with Gasteiger partial charge in [-0.25, -0.2) is 5.06 Å². The van der Waals surface area contributed by atoms with Crippen LogP contribution in [0.15, 0.2) is 24.5 Å². The van der Waals surface area contributed by atoms with Gasteiger partial charge in [0.05, 0.1) is 25.3 Å². The number of rotatable bonds is 3. The molecule has 1 saturated heterocycles. The molecular weight excluding hydrogens is 222 g/mol. The summed E-state index contributed by atoms with van der Waals surface area (Å²) < 4.78 is 0. The Bertz CT molecular complexity index is 402. The summed E-state index contributed by atoms with van der Waals surface area (Å²) in [5, 5.41) is 3.81. The summed E-state index contributed by atoms with van der Waals surface area (Å²) in [6, 6.07) is 3.31. The number of hydrogen-bond donors (Lipinski definition) is 1. The molecular formula is C11H13N3O3. The number of hydroxylamine groups is 2. The molecule has 17 heavy (non-hydrogen) atoms. The largest absolute Gasteiger partial charge is 0.343 e. The molecule has 2 rings (SSSR count). The third-order valence-electron chi connectivity index (χ3n) is 2.35. The van der Waals surface area contributed by atoms with Gasteiger partial charge in [0.25, 0.3) is 11.8 Å². The van der Waals surface area contributed by atoms with Gasteiger partial charge >= 0.3 is 0 Å². The summed E-state index contributed by atoms with van der Waals surface area (Å²) in [7, 11) is 0. The lowest BCUT2D eigenvalue weighted by atomic mass is 10.3. The minimum absolute atomic E-state index is 0.0618. The average molecular weight is 235 g/mol. The van der Waals surface area contributed by atoms with Crippen LogP contribution in [0.4, 0.5) is 0 Å². The smallest absolute Gasteiger partial charge is 0.265 e. The van der Waals surface area contributed by atoms with E-state index in [0.29, 0.717) is 18.7 Å². The molecule has 6 heteroatoms. The first-order valence-corrected chi connectivity index (χ1v) is 5.39. The topological polar surface area (TPSA) is 71.5 Å². The van der Waals surface area contributed by atoms with E-state index in [4.69, 9.17) is 4.84 Å². The van der Waals surface area contributed by atoms with Crippen LogP contribution in [0.5, 0.6) is 0 Å². The second-order valence-electron chi connectivity index (χ2n) is 3.61. The van der Waals surface area contributed by atoms with Crippen molar-refractivity contribution in [2.75, 3.05) is 19.7 Å². The van der Waals surface area contributed by atoms with Crippen molar-refractivity contribution in [2.24, 2.45) is 0 Å². The first-order valence-electron chi connectivity index (χ1n) is 5.39. The van der Waals surface area contributed by atoms with E-state index < -0.39 is 0 Å². The molecule has 1 fully saturated rings. The minimum Gasteiger partial charge on any atom is -0.343 e. The van der Waals surface area contributed by atoms with E-state index in [9.17, 15) is 9.59 Å². The number of nitrogens with zero attached hydrogens (tertiary/aromatic N) is 2. The predicted molar refractivity (Wildman–Crippen MR) is 58.9 cm³/mol. The van der Waals surface area contributed by atoms with Gasteiger partial charge in [-0.05, 0) is 18.6 Å². The molecule has 6 nitrogen and oxygen atoms in total. The summed E-state index contributed by atoms with van der Waals surface area (Å²) >= 11 is 0. The van der Waals surface area contributed by atoms with Crippen molar-refractivity contribution in [2.45, 2.75) is 6.42 Å². The van der Waals surface area contributed by atoms with E-state index in [2.05, 4.69) is 10.3 Å². The average Bonchev–Trinajstić information content (AvgIpc) is 2.90. The number of pyridine rings is 1. The van der Waals surface area contributed by atoms with Gasteiger partial charge in [-0.1, -0.05) is 0 Å². The fourth-order valence-corrected chi connectivity index (χ4v) is 1.49. The molecule has 1 aliphatic rings. The number of nitrogens with one attached hydrogen (secondary N) is 1. The van der Waals surface area contributed by atoms with Crippen molar-refractivity contribution >= 4 is 11.8 Å². The van der Waals surface area contributed by atoms with Crippen LogP contribution in [-0.2, 0) is 9.63 Å².